The fraction of sp³-hybridized carbons (Fsp3) is 0.611. The van der Waals surface area contributed by atoms with Crippen LogP contribution in [0.4, 0.5) is 5.82 Å². The van der Waals surface area contributed by atoms with Crippen LogP contribution in [-0.2, 0) is 11.2 Å². The first-order chi connectivity index (χ1) is 13.0. The van der Waals surface area contributed by atoms with Crippen molar-refractivity contribution in [3.8, 4) is 0 Å². The number of nitrogens with one attached hydrogen (secondary N) is 3. The second-order valence-corrected chi connectivity index (χ2v) is 7.56. The van der Waals surface area contributed by atoms with Crippen molar-refractivity contribution in [2.45, 2.75) is 45.1 Å². The molecule has 2 aromatic heterocycles. The molecule has 3 atom stereocenters. The lowest BCUT2D eigenvalue weighted by Crippen LogP contribution is -2.26. The predicted octanol–water partition coefficient (Wildman–Crippen LogP) is 1.44. The molecule has 0 saturated carbocycles. The quantitative estimate of drug-likeness (QED) is 0.520. The molecule has 146 valence electrons. The van der Waals surface area contributed by atoms with Crippen LogP contribution in [0.3, 0.4) is 0 Å². The van der Waals surface area contributed by atoms with E-state index in [0.717, 1.165) is 30.9 Å². The van der Waals surface area contributed by atoms with E-state index in [1.54, 1.807) is 6.20 Å². The molecule has 0 spiro atoms. The zero-order valence-electron chi connectivity index (χ0n) is 15.7. The number of aliphatic carboxylic acids is 1. The number of tetrazole rings is 1. The minimum atomic E-state index is -0.829. The zero-order valence-corrected chi connectivity index (χ0v) is 15.7. The summed E-state index contributed by atoms with van der Waals surface area (Å²) in [6.45, 7) is 6.01. The van der Waals surface area contributed by atoms with Gasteiger partial charge in [-0.1, -0.05) is 19.9 Å². The molecule has 27 heavy (non-hydrogen) atoms. The van der Waals surface area contributed by atoms with Crippen molar-refractivity contribution in [1.82, 2.24) is 30.9 Å². The summed E-state index contributed by atoms with van der Waals surface area (Å²) in [7, 11) is 0. The molecule has 2 aromatic rings. The fourth-order valence-electron chi connectivity index (χ4n) is 3.57. The van der Waals surface area contributed by atoms with Crippen molar-refractivity contribution in [2.75, 3.05) is 18.4 Å². The molecule has 3 heterocycles. The Hall–Kier alpha value is -2.55. The Balaban J connectivity index is 1.74. The highest BCUT2D eigenvalue weighted by atomic mass is 16.4. The highest BCUT2D eigenvalue weighted by Gasteiger charge is 2.32. The maximum atomic E-state index is 11.9. The maximum absolute atomic E-state index is 11.9. The van der Waals surface area contributed by atoms with Crippen LogP contribution >= 0.6 is 0 Å². The number of pyridine rings is 1. The Bertz CT molecular complexity index is 712. The maximum Gasteiger partial charge on any atom is 0.307 e. The zero-order chi connectivity index (χ0) is 19.2. The third-order valence-corrected chi connectivity index (χ3v) is 4.93. The standard InChI is InChI=1S/C18H27N7O2/c1-11(2)7-15(18(26)27)14(17-22-24-25-23-17)8-12-3-4-16(20-9-12)21-13-5-6-19-10-13/h3-4,9,11,13-15,19H,5-8,10H2,1-2H3,(H,20,21)(H,26,27)(H,22,23,24,25)/t13?,14-,15-/m0/s1. The van der Waals surface area contributed by atoms with E-state index >= 15 is 0 Å². The molecule has 4 N–H and O–H groups in total. The molecule has 1 fully saturated rings. The monoisotopic (exact) mass is 373 g/mol. The Morgan fingerprint density at radius 2 is 2.26 bits per heavy atom. The minimum Gasteiger partial charge on any atom is -0.481 e. The van der Waals surface area contributed by atoms with Gasteiger partial charge in [-0.05, 0) is 53.8 Å². The molecule has 0 bridgehead atoms. The van der Waals surface area contributed by atoms with Gasteiger partial charge in [-0.15, -0.1) is 5.10 Å². The van der Waals surface area contributed by atoms with E-state index in [1.165, 1.54) is 0 Å². The number of carbonyl (C=O) groups is 1. The molecule has 9 heteroatoms. The number of carboxylic acids is 1. The number of H-pyrrole nitrogens is 1. The number of aromatic amines is 1. The lowest BCUT2D eigenvalue weighted by atomic mass is 9.81. The van der Waals surface area contributed by atoms with Gasteiger partial charge in [0, 0.05) is 24.7 Å². The average Bonchev–Trinajstić information content (AvgIpc) is 3.33. The summed E-state index contributed by atoms with van der Waals surface area (Å²) in [4.78, 5) is 16.4. The Kier molecular flexibility index (Phi) is 6.33. The number of rotatable bonds is 9. The molecule has 0 amide bonds. The van der Waals surface area contributed by atoms with Gasteiger partial charge in [0.15, 0.2) is 5.82 Å². The Morgan fingerprint density at radius 1 is 1.41 bits per heavy atom. The van der Waals surface area contributed by atoms with Crippen molar-refractivity contribution in [2.24, 2.45) is 11.8 Å². The van der Waals surface area contributed by atoms with Gasteiger partial charge in [-0.3, -0.25) is 4.79 Å². The lowest BCUT2D eigenvalue weighted by molar-refractivity contribution is -0.143. The van der Waals surface area contributed by atoms with Crippen molar-refractivity contribution < 1.29 is 9.90 Å². The SMILES string of the molecule is CC(C)C[C@H](C(=O)O)[C@H](Cc1ccc(NC2CCNC2)nc1)c1nnn[nH]1. The van der Waals surface area contributed by atoms with Gasteiger partial charge in [0.25, 0.3) is 0 Å². The number of hydrogen-bond donors (Lipinski definition) is 4. The number of carboxylic acid groups (broad SMARTS) is 1. The summed E-state index contributed by atoms with van der Waals surface area (Å²) < 4.78 is 0. The van der Waals surface area contributed by atoms with Crippen LogP contribution in [0.25, 0.3) is 0 Å². The smallest absolute Gasteiger partial charge is 0.307 e. The summed E-state index contributed by atoms with van der Waals surface area (Å²) in [5, 5.41) is 30.5. The lowest BCUT2D eigenvalue weighted by Gasteiger charge is -2.23. The third kappa shape index (κ3) is 5.22. The van der Waals surface area contributed by atoms with Crippen LogP contribution in [0.1, 0.15) is 44.0 Å². The third-order valence-electron chi connectivity index (χ3n) is 4.93. The predicted molar refractivity (Wildman–Crippen MR) is 100 cm³/mol. The van der Waals surface area contributed by atoms with Gasteiger partial charge in [-0.2, -0.15) is 0 Å². The van der Waals surface area contributed by atoms with Crippen molar-refractivity contribution >= 4 is 11.8 Å². The van der Waals surface area contributed by atoms with Gasteiger partial charge in [0.05, 0.1) is 5.92 Å². The van der Waals surface area contributed by atoms with Crippen molar-refractivity contribution in [3.05, 3.63) is 29.7 Å². The van der Waals surface area contributed by atoms with Gasteiger partial charge in [-0.25, -0.2) is 10.1 Å². The minimum absolute atomic E-state index is 0.259. The van der Waals surface area contributed by atoms with Crippen LogP contribution in [0.15, 0.2) is 18.3 Å². The summed E-state index contributed by atoms with van der Waals surface area (Å²) in [5.41, 5.74) is 0.960. The van der Waals surface area contributed by atoms with Gasteiger partial charge >= 0.3 is 5.97 Å². The van der Waals surface area contributed by atoms with Gasteiger partial charge in [0.2, 0.25) is 0 Å². The number of hydrogen-bond acceptors (Lipinski definition) is 7. The van der Waals surface area contributed by atoms with Crippen LogP contribution < -0.4 is 10.6 Å². The van der Waals surface area contributed by atoms with Gasteiger partial charge < -0.3 is 15.7 Å². The molecular weight excluding hydrogens is 346 g/mol. The Morgan fingerprint density at radius 3 is 2.81 bits per heavy atom. The van der Waals surface area contributed by atoms with Crippen LogP contribution in [0.2, 0.25) is 0 Å². The summed E-state index contributed by atoms with van der Waals surface area (Å²) >= 11 is 0. The van der Waals surface area contributed by atoms with Crippen molar-refractivity contribution in [3.63, 3.8) is 0 Å². The highest BCUT2D eigenvalue weighted by Crippen LogP contribution is 2.31. The summed E-state index contributed by atoms with van der Waals surface area (Å²) in [6, 6.07) is 4.34. The first-order valence-corrected chi connectivity index (χ1v) is 9.41. The highest BCUT2D eigenvalue weighted by molar-refractivity contribution is 5.71. The molecule has 0 aliphatic carbocycles. The summed E-state index contributed by atoms with van der Waals surface area (Å²) in [5.74, 6) is -0.134. The van der Waals surface area contributed by atoms with E-state index in [1.807, 2.05) is 26.0 Å². The second-order valence-electron chi connectivity index (χ2n) is 7.56. The van der Waals surface area contributed by atoms with Gasteiger partial charge in [0.1, 0.15) is 5.82 Å². The molecule has 1 aliphatic heterocycles. The van der Waals surface area contributed by atoms with E-state index in [2.05, 4.69) is 36.2 Å². The van der Waals surface area contributed by atoms with Crippen LogP contribution in [-0.4, -0.2) is 55.8 Å². The Labute approximate surface area is 158 Å². The largest absolute Gasteiger partial charge is 0.481 e. The van der Waals surface area contributed by atoms with E-state index < -0.39 is 11.9 Å². The number of anilines is 1. The first kappa shape index (κ1) is 19.2. The van der Waals surface area contributed by atoms with Crippen LogP contribution in [0, 0.1) is 11.8 Å². The molecule has 3 rings (SSSR count). The van der Waals surface area contributed by atoms with E-state index in [9.17, 15) is 9.90 Å². The summed E-state index contributed by atoms with van der Waals surface area (Å²) in [6.07, 6.45) is 3.95. The topological polar surface area (TPSA) is 129 Å². The average molecular weight is 373 g/mol. The molecule has 1 unspecified atom stereocenters. The van der Waals surface area contributed by atoms with Crippen LogP contribution in [0.5, 0.6) is 0 Å². The van der Waals surface area contributed by atoms with Crippen molar-refractivity contribution in [1.29, 1.82) is 0 Å². The number of aromatic nitrogens is 5. The molecule has 1 saturated heterocycles. The fourth-order valence-corrected chi connectivity index (χ4v) is 3.57. The van der Waals surface area contributed by atoms with E-state index in [0.29, 0.717) is 24.7 Å². The first-order valence-electron chi connectivity index (χ1n) is 9.41. The normalized spacial score (nSPS) is 19.1. The number of nitrogens with zero attached hydrogens (tertiary/aromatic N) is 4. The van der Waals surface area contributed by atoms with E-state index in [-0.39, 0.29) is 11.8 Å². The molecule has 1 aliphatic rings. The second kappa shape index (κ2) is 8.90. The molecule has 9 nitrogen and oxygen atoms in total. The molecule has 0 radical (unpaired) electrons. The molecule has 0 aromatic carbocycles. The van der Waals surface area contributed by atoms with E-state index in [4.69, 9.17) is 0 Å². The molecular formula is C18H27N7O2.